The topological polar surface area (TPSA) is 50.4 Å². The lowest BCUT2D eigenvalue weighted by molar-refractivity contribution is -0.118. The van der Waals surface area contributed by atoms with Crippen molar-refractivity contribution < 1.29 is 9.53 Å². The van der Waals surface area contributed by atoms with Crippen LogP contribution < -0.4 is 10.6 Å². The summed E-state index contributed by atoms with van der Waals surface area (Å²) in [6, 6.07) is 8.30. The third kappa shape index (κ3) is 7.53. The fourth-order valence-electron chi connectivity index (χ4n) is 1.66. The van der Waals surface area contributed by atoms with Gasteiger partial charge in [0.15, 0.2) is 0 Å². The van der Waals surface area contributed by atoms with E-state index in [1.807, 2.05) is 12.1 Å². The number of carbonyl (C=O) groups is 1. The van der Waals surface area contributed by atoms with Crippen molar-refractivity contribution in [1.29, 1.82) is 0 Å². The first-order valence-corrected chi connectivity index (χ1v) is 7.93. The van der Waals surface area contributed by atoms with Gasteiger partial charge in [-0.2, -0.15) is 0 Å². The van der Waals surface area contributed by atoms with E-state index in [0.29, 0.717) is 18.9 Å². The van der Waals surface area contributed by atoms with Gasteiger partial charge in [0.25, 0.3) is 0 Å². The second-order valence-corrected chi connectivity index (χ2v) is 5.46. The molecule has 112 valence electrons. The summed E-state index contributed by atoms with van der Waals surface area (Å²) >= 11 is 1.57. The lowest BCUT2D eigenvalue weighted by atomic mass is 10.2. The van der Waals surface area contributed by atoms with Gasteiger partial charge >= 0.3 is 0 Å². The van der Waals surface area contributed by atoms with E-state index >= 15 is 0 Å². The van der Waals surface area contributed by atoms with Crippen molar-refractivity contribution in [3.05, 3.63) is 29.8 Å². The number of ether oxygens (including phenoxy) is 1. The minimum Gasteiger partial charge on any atom is -0.385 e. The summed E-state index contributed by atoms with van der Waals surface area (Å²) in [5.74, 6) is 0.528. The maximum absolute atomic E-state index is 11.7. The minimum atomic E-state index is 0.0724. The molecule has 2 N–H and O–H groups in total. The summed E-state index contributed by atoms with van der Waals surface area (Å²) in [5.41, 5.74) is 1.25. The number of hydrogen-bond donors (Lipinski definition) is 2. The van der Waals surface area contributed by atoms with E-state index in [4.69, 9.17) is 4.74 Å². The normalized spacial score (nSPS) is 10.5. The van der Waals surface area contributed by atoms with Gasteiger partial charge in [0.05, 0.1) is 5.75 Å². The van der Waals surface area contributed by atoms with Gasteiger partial charge in [-0.25, -0.2) is 0 Å². The Morgan fingerprint density at radius 3 is 3.00 bits per heavy atom. The van der Waals surface area contributed by atoms with Crippen LogP contribution in [0.1, 0.15) is 18.9 Å². The third-order valence-corrected chi connectivity index (χ3v) is 3.69. The molecule has 0 aromatic heterocycles. The smallest absolute Gasteiger partial charge is 0.230 e. The molecule has 0 unspecified atom stereocenters. The molecule has 1 amide bonds. The van der Waals surface area contributed by atoms with E-state index in [1.54, 1.807) is 18.9 Å². The van der Waals surface area contributed by atoms with E-state index < -0.39 is 0 Å². The molecule has 0 atom stereocenters. The molecule has 20 heavy (non-hydrogen) atoms. The summed E-state index contributed by atoms with van der Waals surface area (Å²) in [5, 5.41) is 6.18. The highest BCUT2D eigenvalue weighted by Gasteiger charge is 2.03. The molecule has 0 fully saturated rings. The van der Waals surface area contributed by atoms with E-state index in [2.05, 4.69) is 29.7 Å². The first-order valence-electron chi connectivity index (χ1n) is 6.94. The molecule has 0 spiro atoms. The number of carbonyl (C=O) groups excluding carboxylic acids is 1. The lowest BCUT2D eigenvalue weighted by Gasteiger charge is -2.07. The van der Waals surface area contributed by atoms with Crippen LogP contribution in [0.3, 0.4) is 0 Å². The van der Waals surface area contributed by atoms with Crippen LogP contribution in [0.2, 0.25) is 0 Å². The van der Waals surface area contributed by atoms with Crippen LogP contribution in [0.25, 0.3) is 0 Å². The van der Waals surface area contributed by atoms with Crippen LogP contribution in [-0.2, 0) is 16.1 Å². The fourth-order valence-corrected chi connectivity index (χ4v) is 2.47. The molecule has 0 aliphatic heterocycles. The Kier molecular flexibility index (Phi) is 9.11. The van der Waals surface area contributed by atoms with Gasteiger partial charge in [0.1, 0.15) is 0 Å². The molecule has 0 bridgehead atoms. The van der Waals surface area contributed by atoms with Gasteiger partial charge in [-0.3, -0.25) is 4.79 Å². The highest BCUT2D eigenvalue weighted by molar-refractivity contribution is 8.00. The molecule has 1 aromatic carbocycles. The van der Waals surface area contributed by atoms with Gasteiger partial charge in [0.2, 0.25) is 5.91 Å². The molecule has 0 aliphatic carbocycles. The molecule has 4 nitrogen and oxygen atoms in total. The maximum Gasteiger partial charge on any atom is 0.230 e. The SMILES string of the molecule is CCNCc1cccc(SCC(=O)NCCCOC)c1. The highest BCUT2D eigenvalue weighted by atomic mass is 32.2. The van der Waals surface area contributed by atoms with Crippen LogP contribution in [0.15, 0.2) is 29.2 Å². The van der Waals surface area contributed by atoms with Crippen LogP contribution >= 0.6 is 11.8 Å². The van der Waals surface area contributed by atoms with Crippen molar-refractivity contribution in [3.63, 3.8) is 0 Å². The molecule has 0 aliphatic rings. The average molecular weight is 296 g/mol. The molecule has 0 radical (unpaired) electrons. The van der Waals surface area contributed by atoms with Crippen LogP contribution in [-0.4, -0.2) is 38.5 Å². The van der Waals surface area contributed by atoms with Crippen molar-refractivity contribution >= 4 is 17.7 Å². The number of nitrogens with one attached hydrogen (secondary N) is 2. The Morgan fingerprint density at radius 2 is 2.25 bits per heavy atom. The highest BCUT2D eigenvalue weighted by Crippen LogP contribution is 2.18. The second kappa shape index (κ2) is 10.7. The Hall–Kier alpha value is -1.04. The minimum absolute atomic E-state index is 0.0724. The zero-order valence-electron chi connectivity index (χ0n) is 12.3. The largest absolute Gasteiger partial charge is 0.385 e. The zero-order valence-corrected chi connectivity index (χ0v) is 13.1. The fraction of sp³-hybridized carbons (Fsp3) is 0.533. The Balaban J connectivity index is 2.28. The predicted octanol–water partition coefficient (Wildman–Crippen LogP) is 2.04. The van der Waals surface area contributed by atoms with Gasteiger partial charge in [-0.1, -0.05) is 19.1 Å². The summed E-state index contributed by atoms with van der Waals surface area (Å²) in [6.45, 7) is 5.27. The number of methoxy groups -OCH3 is 1. The van der Waals surface area contributed by atoms with E-state index in [1.165, 1.54) is 5.56 Å². The van der Waals surface area contributed by atoms with E-state index in [-0.39, 0.29) is 5.91 Å². The van der Waals surface area contributed by atoms with Crippen molar-refractivity contribution in [1.82, 2.24) is 10.6 Å². The van der Waals surface area contributed by atoms with Crippen LogP contribution in [0, 0.1) is 0 Å². The third-order valence-electron chi connectivity index (χ3n) is 2.69. The van der Waals surface area contributed by atoms with Crippen LogP contribution in [0.4, 0.5) is 0 Å². The zero-order chi connectivity index (χ0) is 14.6. The summed E-state index contributed by atoms with van der Waals surface area (Å²) in [6.07, 6.45) is 0.852. The number of amides is 1. The quantitative estimate of drug-likeness (QED) is 0.512. The first-order chi connectivity index (χ1) is 9.76. The van der Waals surface area contributed by atoms with Crippen LogP contribution in [0.5, 0.6) is 0 Å². The summed E-state index contributed by atoms with van der Waals surface area (Å²) in [4.78, 5) is 12.8. The predicted molar refractivity (Wildman–Crippen MR) is 84.0 cm³/mol. The van der Waals surface area contributed by atoms with Crippen molar-refractivity contribution in [3.8, 4) is 0 Å². The summed E-state index contributed by atoms with van der Waals surface area (Å²) < 4.78 is 4.94. The lowest BCUT2D eigenvalue weighted by Crippen LogP contribution is -2.26. The Morgan fingerprint density at radius 1 is 1.40 bits per heavy atom. The molecule has 0 saturated heterocycles. The molecule has 0 saturated carbocycles. The average Bonchev–Trinajstić information content (AvgIpc) is 2.48. The van der Waals surface area contributed by atoms with Crippen molar-refractivity contribution in [2.75, 3.05) is 32.6 Å². The monoisotopic (exact) mass is 296 g/mol. The van der Waals surface area contributed by atoms with Gasteiger partial charge in [0, 0.05) is 31.7 Å². The molecular formula is C15H24N2O2S. The van der Waals surface area contributed by atoms with E-state index in [0.717, 1.165) is 24.4 Å². The maximum atomic E-state index is 11.7. The Labute approximate surface area is 125 Å². The molecule has 1 aromatic rings. The Bertz CT molecular complexity index is 399. The van der Waals surface area contributed by atoms with Gasteiger partial charge < -0.3 is 15.4 Å². The van der Waals surface area contributed by atoms with Crippen molar-refractivity contribution in [2.24, 2.45) is 0 Å². The van der Waals surface area contributed by atoms with Crippen molar-refractivity contribution in [2.45, 2.75) is 24.8 Å². The standard InChI is InChI=1S/C15H24N2O2S/c1-3-16-11-13-6-4-7-14(10-13)20-12-15(18)17-8-5-9-19-2/h4,6-7,10,16H,3,5,8-9,11-12H2,1-2H3,(H,17,18). The van der Waals surface area contributed by atoms with E-state index in [9.17, 15) is 4.79 Å². The molecule has 5 heteroatoms. The summed E-state index contributed by atoms with van der Waals surface area (Å²) in [7, 11) is 1.66. The number of benzene rings is 1. The first kappa shape index (κ1) is 17.0. The molecule has 1 rings (SSSR count). The van der Waals surface area contributed by atoms with Gasteiger partial charge in [-0.15, -0.1) is 11.8 Å². The number of rotatable bonds is 10. The number of thioether (sulfide) groups is 1. The molecular weight excluding hydrogens is 272 g/mol. The van der Waals surface area contributed by atoms with Gasteiger partial charge in [-0.05, 0) is 30.7 Å². The second-order valence-electron chi connectivity index (χ2n) is 4.41. The molecule has 0 heterocycles. The number of hydrogen-bond acceptors (Lipinski definition) is 4.